The molecule has 16 heavy (non-hydrogen) atoms. The van der Waals surface area contributed by atoms with Crippen LogP contribution in [-0.2, 0) is 9.53 Å². The first kappa shape index (κ1) is 12.4. The molecule has 0 fully saturated rings. The van der Waals surface area contributed by atoms with E-state index in [1.807, 2.05) is 0 Å². The Morgan fingerprint density at radius 2 is 2.31 bits per heavy atom. The maximum absolute atomic E-state index is 12.9. The molecule has 0 aliphatic rings. The van der Waals surface area contributed by atoms with Gasteiger partial charge in [0.05, 0.1) is 7.11 Å². The Bertz CT molecular complexity index is 423. The molecule has 1 aromatic carbocycles. The molecule has 1 aromatic rings. The average molecular weight is 242 g/mol. The van der Waals surface area contributed by atoms with Crippen LogP contribution in [0.1, 0.15) is 5.56 Å². The van der Waals surface area contributed by atoms with E-state index in [9.17, 15) is 9.18 Å². The number of esters is 1. The molecule has 0 aromatic heterocycles. The lowest BCUT2D eigenvalue weighted by atomic mass is 10.1. The van der Waals surface area contributed by atoms with Gasteiger partial charge in [0.1, 0.15) is 17.4 Å². The van der Waals surface area contributed by atoms with Crippen molar-refractivity contribution in [1.29, 1.82) is 0 Å². The molecular weight excluding hydrogens is 231 g/mol. The number of anilines is 1. The van der Waals surface area contributed by atoms with Crippen molar-refractivity contribution in [3.8, 4) is 0 Å². The van der Waals surface area contributed by atoms with Gasteiger partial charge >= 0.3 is 5.97 Å². The van der Waals surface area contributed by atoms with Gasteiger partial charge in [-0.25, -0.2) is 4.39 Å². The monoisotopic (exact) mass is 242 g/mol. The number of rotatable bonds is 4. The van der Waals surface area contributed by atoms with Gasteiger partial charge in [0.2, 0.25) is 0 Å². The first-order chi connectivity index (χ1) is 7.54. The zero-order chi connectivity index (χ0) is 12.1. The van der Waals surface area contributed by atoms with Crippen molar-refractivity contribution in [2.45, 2.75) is 0 Å². The summed E-state index contributed by atoms with van der Waals surface area (Å²) in [7, 11) is 1.28. The maximum atomic E-state index is 12.9. The van der Waals surface area contributed by atoms with Crippen molar-refractivity contribution >= 4 is 28.9 Å². The van der Waals surface area contributed by atoms with Gasteiger partial charge in [0, 0.05) is 11.3 Å². The number of nitrogens with two attached hydrogens (primary N) is 1. The fourth-order valence-electron chi connectivity index (χ4n) is 1.11. The van der Waals surface area contributed by atoms with Crippen LogP contribution in [-0.4, -0.2) is 24.6 Å². The number of hydrogen-bond acceptors (Lipinski definition) is 4. The van der Waals surface area contributed by atoms with E-state index in [0.29, 0.717) is 11.3 Å². The highest BCUT2D eigenvalue weighted by Gasteiger charge is 2.08. The summed E-state index contributed by atoms with van der Waals surface area (Å²) in [6.07, 6.45) is 0. The fourth-order valence-corrected chi connectivity index (χ4v) is 1.28. The molecule has 0 bridgehead atoms. The summed E-state index contributed by atoms with van der Waals surface area (Å²) in [5.41, 5.74) is 6.29. The summed E-state index contributed by atoms with van der Waals surface area (Å²) in [6.45, 7) is -0.0300. The molecule has 0 heterocycles. The van der Waals surface area contributed by atoms with Crippen LogP contribution in [0.3, 0.4) is 0 Å². The number of carbonyl (C=O) groups is 1. The standard InChI is InChI=1S/C10H11FN2O2S/c1-15-9(14)5-13-8-3-2-6(11)4-7(8)10(12)16/h2-4,13H,5H2,1H3,(H2,12,16). The number of carbonyl (C=O) groups excluding carboxylic acids is 1. The van der Waals surface area contributed by atoms with Gasteiger partial charge in [-0.2, -0.15) is 0 Å². The van der Waals surface area contributed by atoms with Gasteiger partial charge in [-0.3, -0.25) is 4.79 Å². The zero-order valence-corrected chi connectivity index (χ0v) is 9.44. The van der Waals surface area contributed by atoms with Crippen molar-refractivity contribution < 1.29 is 13.9 Å². The van der Waals surface area contributed by atoms with Crippen LogP contribution in [0.15, 0.2) is 18.2 Å². The molecule has 3 N–H and O–H groups in total. The van der Waals surface area contributed by atoms with Gasteiger partial charge in [-0.05, 0) is 18.2 Å². The van der Waals surface area contributed by atoms with Crippen molar-refractivity contribution in [1.82, 2.24) is 0 Å². The Morgan fingerprint density at radius 3 is 2.88 bits per heavy atom. The predicted molar refractivity (Wildman–Crippen MR) is 62.8 cm³/mol. The second kappa shape index (κ2) is 5.41. The van der Waals surface area contributed by atoms with Crippen LogP contribution < -0.4 is 11.1 Å². The smallest absolute Gasteiger partial charge is 0.325 e. The number of hydrogen-bond donors (Lipinski definition) is 2. The minimum absolute atomic E-state index is 0.0300. The largest absolute Gasteiger partial charge is 0.468 e. The molecule has 0 radical (unpaired) electrons. The minimum Gasteiger partial charge on any atom is -0.468 e. The van der Waals surface area contributed by atoms with E-state index in [-0.39, 0.29) is 11.5 Å². The molecule has 86 valence electrons. The molecule has 0 unspecified atom stereocenters. The summed E-state index contributed by atoms with van der Waals surface area (Å²) in [5, 5.41) is 2.76. The summed E-state index contributed by atoms with van der Waals surface area (Å²) < 4.78 is 17.4. The number of thiocarbonyl (C=S) groups is 1. The van der Waals surface area contributed by atoms with Crippen molar-refractivity contribution in [3.05, 3.63) is 29.6 Å². The lowest BCUT2D eigenvalue weighted by Crippen LogP contribution is -2.18. The molecule has 4 nitrogen and oxygen atoms in total. The Balaban J connectivity index is 2.87. The zero-order valence-electron chi connectivity index (χ0n) is 8.62. The third-order valence-corrected chi connectivity index (χ3v) is 2.12. The summed E-state index contributed by atoms with van der Waals surface area (Å²) in [6, 6.07) is 3.93. The Kier molecular flexibility index (Phi) is 4.19. The average Bonchev–Trinajstić information content (AvgIpc) is 2.26. The topological polar surface area (TPSA) is 64.3 Å². The first-order valence-electron chi connectivity index (χ1n) is 4.44. The van der Waals surface area contributed by atoms with Crippen LogP contribution in [0.5, 0.6) is 0 Å². The van der Waals surface area contributed by atoms with Gasteiger partial charge in [-0.1, -0.05) is 12.2 Å². The van der Waals surface area contributed by atoms with E-state index in [4.69, 9.17) is 18.0 Å². The van der Waals surface area contributed by atoms with Crippen molar-refractivity contribution in [2.24, 2.45) is 5.73 Å². The van der Waals surface area contributed by atoms with Crippen LogP contribution in [0, 0.1) is 5.82 Å². The number of methoxy groups -OCH3 is 1. The number of halogens is 1. The van der Waals surface area contributed by atoms with Gasteiger partial charge in [0.25, 0.3) is 0 Å². The highest BCUT2D eigenvalue weighted by Crippen LogP contribution is 2.16. The van der Waals surface area contributed by atoms with E-state index in [2.05, 4.69) is 10.1 Å². The summed E-state index contributed by atoms with van der Waals surface area (Å²) >= 11 is 4.77. The number of nitrogens with one attached hydrogen (secondary N) is 1. The second-order valence-corrected chi connectivity index (χ2v) is 3.42. The molecular formula is C10H11FN2O2S. The predicted octanol–water partition coefficient (Wildman–Crippen LogP) is 1.04. The van der Waals surface area contributed by atoms with E-state index in [1.54, 1.807) is 0 Å². The molecule has 0 saturated carbocycles. The molecule has 0 aliphatic carbocycles. The molecule has 0 saturated heterocycles. The quantitative estimate of drug-likeness (QED) is 0.610. The third kappa shape index (κ3) is 3.16. The highest BCUT2D eigenvalue weighted by atomic mass is 32.1. The maximum Gasteiger partial charge on any atom is 0.325 e. The minimum atomic E-state index is -0.439. The van der Waals surface area contributed by atoms with E-state index in [0.717, 1.165) is 0 Å². The van der Waals surface area contributed by atoms with Crippen molar-refractivity contribution in [2.75, 3.05) is 19.0 Å². The second-order valence-electron chi connectivity index (χ2n) is 2.98. The lowest BCUT2D eigenvalue weighted by molar-refractivity contribution is -0.138. The third-order valence-electron chi connectivity index (χ3n) is 1.90. The number of ether oxygens (including phenoxy) is 1. The van der Waals surface area contributed by atoms with Crippen LogP contribution in [0.25, 0.3) is 0 Å². The first-order valence-corrected chi connectivity index (χ1v) is 4.85. The summed E-state index contributed by atoms with van der Waals surface area (Å²) in [5.74, 6) is -0.871. The van der Waals surface area contributed by atoms with Gasteiger partial charge in [-0.15, -0.1) is 0 Å². The Labute approximate surface area is 97.6 Å². The molecule has 0 aliphatic heterocycles. The van der Waals surface area contributed by atoms with E-state index in [1.165, 1.54) is 25.3 Å². The molecule has 0 amide bonds. The van der Waals surface area contributed by atoms with Crippen LogP contribution in [0.2, 0.25) is 0 Å². The highest BCUT2D eigenvalue weighted by molar-refractivity contribution is 7.80. The summed E-state index contributed by atoms with van der Waals surface area (Å²) in [4.78, 5) is 11.0. The van der Waals surface area contributed by atoms with Crippen LogP contribution >= 0.6 is 12.2 Å². The van der Waals surface area contributed by atoms with E-state index < -0.39 is 11.8 Å². The van der Waals surface area contributed by atoms with Crippen LogP contribution in [0.4, 0.5) is 10.1 Å². The normalized spacial score (nSPS) is 9.62. The Morgan fingerprint density at radius 1 is 1.62 bits per heavy atom. The van der Waals surface area contributed by atoms with E-state index >= 15 is 0 Å². The molecule has 0 spiro atoms. The SMILES string of the molecule is COC(=O)CNc1ccc(F)cc1C(N)=S. The van der Waals surface area contributed by atoms with Crippen molar-refractivity contribution in [3.63, 3.8) is 0 Å². The van der Waals surface area contributed by atoms with Gasteiger partial charge in [0.15, 0.2) is 0 Å². The molecule has 1 rings (SSSR count). The number of benzene rings is 1. The fraction of sp³-hybridized carbons (Fsp3) is 0.200. The lowest BCUT2D eigenvalue weighted by Gasteiger charge is -2.10. The molecule has 6 heteroatoms. The Hall–Kier alpha value is -1.69. The van der Waals surface area contributed by atoms with Gasteiger partial charge < -0.3 is 15.8 Å². The molecule has 0 atom stereocenters.